The van der Waals surface area contributed by atoms with Crippen LogP contribution in [-0.2, 0) is 27.3 Å². The third kappa shape index (κ3) is 3.63. The quantitative estimate of drug-likeness (QED) is 0.255. The largest absolute Gasteiger partial charge is 0.508 e. The van der Waals surface area contributed by atoms with Gasteiger partial charge in [0.25, 0.3) is 5.91 Å². The lowest BCUT2D eigenvalue weighted by Gasteiger charge is -2.46. The number of aliphatic hydroxyl groups is 3. The molecule has 7 N–H and O–H groups in total. The van der Waals surface area contributed by atoms with Crippen molar-refractivity contribution in [3.63, 3.8) is 0 Å². The number of amides is 1. The Morgan fingerprint density at radius 3 is 2.45 bits per heavy atom. The molecule has 38 heavy (non-hydrogen) atoms. The molecular formula is C28H29N3O7. The van der Waals surface area contributed by atoms with E-state index in [0.29, 0.717) is 23.5 Å². The van der Waals surface area contributed by atoms with Gasteiger partial charge < -0.3 is 36.4 Å². The van der Waals surface area contributed by atoms with Gasteiger partial charge in [0.2, 0.25) is 5.78 Å². The number of nitrogens with one attached hydrogen (secondary N) is 1. The van der Waals surface area contributed by atoms with E-state index < -0.39 is 52.0 Å². The molecule has 1 saturated carbocycles. The van der Waals surface area contributed by atoms with E-state index in [9.17, 15) is 34.8 Å². The number of rotatable bonds is 5. The van der Waals surface area contributed by atoms with Crippen molar-refractivity contribution in [2.75, 3.05) is 24.3 Å². The van der Waals surface area contributed by atoms with E-state index >= 15 is 0 Å². The number of aliphatic hydroxyl groups excluding tert-OH is 2. The molecule has 3 aliphatic rings. The van der Waals surface area contributed by atoms with Crippen LogP contribution in [0.25, 0.3) is 5.76 Å². The molecule has 10 heteroatoms. The minimum atomic E-state index is -2.58. The van der Waals surface area contributed by atoms with Crippen molar-refractivity contribution in [2.45, 2.75) is 31.4 Å². The van der Waals surface area contributed by atoms with Gasteiger partial charge in [0.05, 0.1) is 11.3 Å². The van der Waals surface area contributed by atoms with Crippen LogP contribution in [0.2, 0.25) is 0 Å². The number of benzene rings is 2. The molecule has 0 saturated heterocycles. The first-order valence-electron chi connectivity index (χ1n) is 12.3. The molecule has 3 aliphatic carbocycles. The van der Waals surface area contributed by atoms with Gasteiger partial charge in [0, 0.05) is 44.2 Å². The average Bonchev–Trinajstić information content (AvgIpc) is 2.86. The van der Waals surface area contributed by atoms with Crippen molar-refractivity contribution < 1.29 is 34.8 Å². The van der Waals surface area contributed by atoms with Crippen molar-refractivity contribution in [1.82, 2.24) is 0 Å². The van der Waals surface area contributed by atoms with E-state index in [2.05, 4.69) is 5.32 Å². The monoisotopic (exact) mass is 519 g/mol. The minimum Gasteiger partial charge on any atom is -0.508 e. The van der Waals surface area contributed by atoms with Gasteiger partial charge in [0.15, 0.2) is 11.4 Å². The van der Waals surface area contributed by atoms with E-state index in [1.54, 1.807) is 6.07 Å². The summed E-state index contributed by atoms with van der Waals surface area (Å²) in [6.45, 7) is 0.392. The fraction of sp³-hybridized carbons (Fsp3) is 0.321. The molecule has 0 spiro atoms. The summed E-state index contributed by atoms with van der Waals surface area (Å²) < 4.78 is 0. The lowest BCUT2D eigenvalue weighted by atomic mass is 9.59. The molecule has 10 nitrogen and oxygen atoms in total. The van der Waals surface area contributed by atoms with Gasteiger partial charge in [-0.1, -0.05) is 30.3 Å². The Kier molecular flexibility index (Phi) is 5.94. The highest BCUT2D eigenvalue weighted by Crippen LogP contribution is 2.54. The Morgan fingerprint density at radius 1 is 1.13 bits per heavy atom. The van der Waals surface area contributed by atoms with Gasteiger partial charge in [-0.15, -0.1) is 0 Å². The molecule has 0 radical (unpaired) electrons. The second-order valence-electron chi connectivity index (χ2n) is 10.3. The van der Waals surface area contributed by atoms with Gasteiger partial charge in [-0.2, -0.15) is 0 Å². The fourth-order valence-corrected chi connectivity index (χ4v) is 6.00. The molecule has 0 bridgehead atoms. The second kappa shape index (κ2) is 8.91. The van der Waals surface area contributed by atoms with Crippen LogP contribution < -0.4 is 16.0 Å². The van der Waals surface area contributed by atoms with Crippen molar-refractivity contribution in [1.29, 1.82) is 0 Å². The van der Waals surface area contributed by atoms with E-state index in [0.717, 1.165) is 5.56 Å². The molecule has 0 aromatic heterocycles. The zero-order valence-electron chi connectivity index (χ0n) is 21.0. The normalized spacial score (nSPS) is 24.5. The van der Waals surface area contributed by atoms with Crippen LogP contribution in [0.15, 0.2) is 53.3 Å². The van der Waals surface area contributed by atoms with Crippen molar-refractivity contribution in [3.05, 3.63) is 70.0 Å². The number of primary amides is 1. The summed E-state index contributed by atoms with van der Waals surface area (Å²) in [5.74, 6) is -6.45. The molecule has 2 aromatic carbocycles. The van der Waals surface area contributed by atoms with Crippen LogP contribution in [0.1, 0.15) is 29.5 Å². The Morgan fingerprint density at radius 2 is 1.82 bits per heavy atom. The predicted molar refractivity (Wildman–Crippen MR) is 139 cm³/mol. The zero-order chi connectivity index (χ0) is 27.5. The highest BCUT2D eigenvalue weighted by atomic mass is 16.3. The standard InChI is InChI=1S/C28H29N3O7/c1-31(2)18-11-17(30-12-13-6-4-3-5-7-13)23(33)21-16(18)9-14-8-15-10-19(32)22(27(29)37)26(36)28(15,38)25(35)20(14)24(21)34/h3-7,11,14-15,30,33-34,36,38H,8-10,12H2,1-2H3,(H2,29,37)/t14-,15+,28+/m1/s1. The number of phenolic OH excluding ortho intramolecular Hbond substituents is 1. The Hall–Kier alpha value is -4.31. The van der Waals surface area contributed by atoms with Crippen LogP contribution in [0.4, 0.5) is 11.4 Å². The topological polar surface area (TPSA) is 173 Å². The maximum absolute atomic E-state index is 13.7. The van der Waals surface area contributed by atoms with E-state index in [4.69, 9.17) is 5.73 Å². The zero-order valence-corrected chi connectivity index (χ0v) is 21.0. The van der Waals surface area contributed by atoms with E-state index in [-0.39, 0.29) is 36.1 Å². The van der Waals surface area contributed by atoms with Crippen LogP contribution in [0, 0.1) is 11.8 Å². The SMILES string of the molecule is CN(C)c1cc(NCc2ccccc2)c(O)c2c1C[C@H]1C[C@H]3CC(=O)C(C(N)=O)=C(O)[C@@]3(O)C(=O)C1=C2O. The van der Waals surface area contributed by atoms with Crippen molar-refractivity contribution in [2.24, 2.45) is 17.6 Å². The molecule has 1 amide bonds. The maximum atomic E-state index is 13.7. The maximum Gasteiger partial charge on any atom is 0.255 e. The van der Waals surface area contributed by atoms with Crippen molar-refractivity contribution >= 4 is 34.6 Å². The number of fused-ring (bicyclic) bond motifs is 3. The number of phenols is 1. The summed E-state index contributed by atoms with van der Waals surface area (Å²) in [4.78, 5) is 39.9. The van der Waals surface area contributed by atoms with Gasteiger partial charge in [-0.3, -0.25) is 14.4 Å². The number of hydrogen-bond acceptors (Lipinski definition) is 9. The van der Waals surface area contributed by atoms with Gasteiger partial charge in [-0.25, -0.2) is 0 Å². The number of nitrogens with zero attached hydrogens (tertiary/aromatic N) is 1. The van der Waals surface area contributed by atoms with E-state index in [1.165, 1.54) is 0 Å². The molecule has 5 rings (SSSR count). The van der Waals surface area contributed by atoms with Crippen LogP contribution in [-0.4, -0.2) is 57.6 Å². The van der Waals surface area contributed by atoms with E-state index in [1.807, 2.05) is 49.3 Å². The number of nitrogens with two attached hydrogens (primary N) is 1. The summed E-state index contributed by atoms with van der Waals surface area (Å²) in [7, 11) is 3.64. The summed E-state index contributed by atoms with van der Waals surface area (Å²) >= 11 is 0. The molecule has 0 unspecified atom stereocenters. The number of carbonyl (C=O) groups is 3. The number of anilines is 2. The Bertz CT molecular complexity index is 1440. The van der Waals surface area contributed by atoms with Crippen LogP contribution in [0.3, 0.4) is 0 Å². The number of aromatic hydroxyl groups is 1. The molecule has 2 aromatic rings. The number of hydrogen-bond donors (Lipinski definition) is 6. The first kappa shape index (κ1) is 25.3. The third-order valence-electron chi connectivity index (χ3n) is 7.85. The smallest absolute Gasteiger partial charge is 0.255 e. The molecule has 1 fully saturated rings. The Labute approximate surface area is 218 Å². The van der Waals surface area contributed by atoms with Crippen LogP contribution >= 0.6 is 0 Å². The number of carbonyl (C=O) groups excluding carboxylic acids is 3. The molecular weight excluding hydrogens is 490 g/mol. The van der Waals surface area contributed by atoms with Crippen molar-refractivity contribution in [3.8, 4) is 5.75 Å². The third-order valence-corrected chi connectivity index (χ3v) is 7.85. The second-order valence-corrected chi connectivity index (χ2v) is 10.3. The van der Waals surface area contributed by atoms with Gasteiger partial charge in [-0.05, 0) is 36.0 Å². The lowest BCUT2D eigenvalue weighted by Crippen LogP contribution is -2.58. The number of Topliss-reactive ketones (excluding diaryl/α,β-unsaturated/α-hetero) is 2. The lowest BCUT2D eigenvalue weighted by molar-refractivity contribution is -0.147. The highest BCUT2D eigenvalue weighted by molar-refractivity contribution is 6.22. The summed E-state index contributed by atoms with van der Waals surface area (Å²) in [6, 6.07) is 11.3. The summed E-state index contributed by atoms with van der Waals surface area (Å²) in [6.07, 6.45) is -0.0188. The minimum absolute atomic E-state index is 0.0545. The predicted octanol–water partition coefficient (Wildman–Crippen LogP) is 2.10. The molecule has 0 aliphatic heterocycles. The average molecular weight is 520 g/mol. The summed E-state index contributed by atoms with van der Waals surface area (Å²) in [5.41, 5.74) is 4.37. The summed E-state index contributed by atoms with van der Waals surface area (Å²) in [5, 5.41) is 48.0. The first-order chi connectivity index (χ1) is 18.0. The van der Waals surface area contributed by atoms with Gasteiger partial charge in [0.1, 0.15) is 22.8 Å². The first-order valence-corrected chi connectivity index (χ1v) is 12.3. The Balaban J connectivity index is 1.64. The molecule has 0 heterocycles. The molecule has 3 atom stereocenters. The fourth-order valence-electron chi connectivity index (χ4n) is 6.00. The number of ketones is 2. The van der Waals surface area contributed by atoms with Crippen LogP contribution in [0.5, 0.6) is 5.75 Å². The molecule has 198 valence electrons. The highest BCUT2D eigenvalue weighted by Gasteiger charge is 2.60. The van der Waals surface area contributed by atoms with Gasteiger partial charge >= 0.3 is 0 Å².